The number of hydrogen-bond acceptors (Lipinski definition) is 8. The van der Waals surface area contributed by atoms with Crippen molar-refractivity contribution in [3.8, 4) is 0 Å². The number of nitrogens with one attached hydrogen (secondary N) is 4. The maximum absolute atomic E-state index is 13.3. The smallest absolute Gasteiger partial charge is 0.241 e. The molecule has 4 rings (SSSR count). The van der Waals surface area contributed by atoms with E-state index in [-0.39, 0.29) is 12.1 Å². The van der Waals surface area contributed by atoms with Crippen molar-refractivity contribution in [1.82, 2.24) is 19.7 Å². The standard InChI is InChI=1S/C27H39N7O2S/c1-5-14-28-25-31-26(33-27(32-25)30-18(2)3)29-17-20-10-12-22(13-11-20)34-37(35,36)24-16-19(4)15-21-8-6-7-9-23(21)24/h6-9,15-16,18,20,22,34H,5,10-14,17H2,1-4H3,(H3,28,29,30,31,32,33). The van der Waals surface area contributed by atoms with Gasteiger partial charge in [-0.25, -0.2) is 13.1 Å². The molecule has 0 atom stereocenters. The monoisotopic (exact) mass is 525 g/mol. The van der Waals surface area contributed by atoms with Crippen LogP contribution < -0.4 is 20.7 Å². The van der Waals surface area contributed by atoms with E-state index in [0.29, 0.717) is 28.7 Å². The van der Waals surface area contributed by atoms with E-state index in [1.54, 1.807) is 6.07 Å². The molecular formula is C27H39N7O2S. The van der Waals surface area contributed by atoms with Gasteiger partial charge in [-0.15, -0.1) is 0 Å². The van der Waals surface area contributed by atoms with Gasteiger partial charge in [0.2, 0.25) is 27.9 Å². The van der Waals surface area contributed by atoms with Gasteiger partial charge in [0, 0.05) is 30.6 Å². The molecule has 0 bridgehead atoms. The minimum atomic E-state index is -3.62. The molecule has 0 amide bonds. The Morgan fingerprint density at radius 2 is 1.62 bits per heavy atom. The lowest BCUT2D eigenvalue weighted by molar-refractivity contribution is 0.324. The largest absolute Gasteiger partial charge is 0.354 e. The lowest BCUT2D eigenvalue weighted by Gasteiger charge is -2.29. The molecule has 1 aromatic heterocycles. The first-order chi connectivity index (χ1) is 17.7. The Morgan fingerprint density at radius 1 is 0.946 bits per heavy atom. The fraction of sp³-hybridized carbons (Fsp3) is 0.519. The van der Waals surface area contributed by atoms with Gasteiger partial charge in [-0.3, -0.25) is 0 Å². The first kappa shape index (κ1) is 27.1. The summed E-state index contributed by atoms with van der Waals surface area (Å²) in [5.41, 5.74) is 0.937. The van der Waals surface area contributed by atoms with Crippen LogP contribution in [0, 0.1) is 12.8 Å². The zero-order chi connectivity index (χ0) is 26.4. The third kappa shape index (κ3) is 7.29. The summed E-state index contributed by atoms with van der Waals surface area (Å²) in [5, 5.41) is 11.6. The van der Waals surface area contributed by atoms with E-state index >= 15 is 0 Å². The Kier molecular flexibility index (Phi) is 8.81. The summed E-state index contributed by atoms with van der Waals surface area (Å²) in [7, 11) is -3.62. The summed E-state index contributed by atoms with van der Waals surface area (Å²) in [5.74, 6) is 2.08. The molecule has 2 aromatic carbocycles. The number of anilines is 3. The molecule has 1 aliphatic rings. The van der Waals surface area contributed by atoms with Crippen molar-refractivity contribution < 1.29 is 8.42 Å². The average molecular weight is 526 g/mol. The molecule has 200 valence electrons. The average Bonchev–Trinajstić information content (AvgIpc) is 2.86. The van der Waals surface area contributed by atoms with Gasteiger partial charge in [-0.1, -0.05) is 37.3 Å². The van der Waals surface area contributed by atoms with Crippen LogP contribution in [-0.2, 0) is 10.0 Å². The van der Waals surface area contributed by atoms with Crippen LogP contribution in [0.3, 0.4) is 0 Å². The molecule has 1 aliphatic carbocycles. The summed E-state index contributed by atoms with van der Waals surface area (Å²) >= 11 is 0. The van der Waals surface area contributed by atoms with Crippen molar-refractivity contribution in [1.29, 1.82) is 0 Å². The van der Waals surface area contributed by atoms with Gasteiger partial charge < -0.3 is 16.0 Å². The molecule has 3 aromatic rings. The number of aromatic nitrogens is 3. The summed E-state index contributed by atoms with van der Waals surface area (Å²) in [6.07, 6.45) is 4.44. The minimum absolute atomic E-state index is 0.0654. The Hall–Kier alpha value is -2.98. The van der Waals surface area contributed by atoms with Gasteiger partial charge in [-0.2, -0.15) is 15.0 Å². The van der Waals surface area contributed by atoms with Crippen LogP contribution >= 0.6 is 0 Å². The van der Waals surface area contributed by atoms with E-state index in [1.165, 1.54) is 0 Å². The van der Waals surface area contributed by atoms with Crippen LogP contribution in [0.1, 0.15) is 58.4 Å². The number of rotatable bonds is 11. The van der Waals surface area contributed by atoms with Gasteiger partial charge in [0.15, 0.2) is 0 Å². The van der Waals surface area contributed by atoms with Crippen molar-refractivity contribution in [3.63, 3.8) is 0 Å². The topological polar surface area (TPSA) is 121 Å². The Labute approximate surface area is 220 Å². The van der Waals surface area contributed by atoms with Crippen LogP contribution in [0.25, 0.3) is 10.8 Å². The van der Waals surface area contributed by atoms with E-state index in [1.807, 2.05) is 51.1 Å². The molecule has 9 nitrogen and oxygen atoms in total. The molecule has 0 unspecified atom stereocenters. The van der Waals surface area contributed by atoms with Crippen LogP contribution in [-0.4, -0.2) is 48.5 Å². The maximum Gasteiger partial charge on any atom is 0.241 e. The second-order valence-corrected chi connectivity index (χ2v) is 11.9. The predicted octanol–water partition coefficient (Wildman–Crippen LogP) is 4.92. The SMILES string of the molecule is CCCNc1nc(NCC2CCC(NS(=O)(=O)c3cc(C)cc4ccccc34)CC2)nc(NC(C)C)n1. The molecule has 0 saturated heterocycles. The van der Waals surface area contributed by atoms with Gasteiger partial charge in [0.25, 0.3) is 0 Å². The van der Waals surface area contributed by atoms with Crippen molar-refractivity contribution in [2.45, 2.75) is 76.8 Å². The molecule has 0 aliphatic heterocycles. The Balaban J connectivity index is 1.35. The van der Waals surface area contributed by atoms with E-state index < -0.39 is 10.0 Å². The number of benzene rings is 2. The molecule has 37 heavy (non-hydrogen) atoms. The second-order valence-electron chi connectivity index (χ2n) is 10.2. The predicted molar refractivity (Wildman–Crippen MR) is 151 cm³/mol. The van der Waals surface area contributed by atoms with E-state index in [2.05, 4.69) is 42.5 Å². The molecule has 10 heteroatoms. The number of hydrogen-bond donors (Lipinski definition) is 4. The summed E-state index contributed by atoms with van der Waals surface area (Å²) < 4.78 is 29.6. The van der Waals surface area contributed by atoms with Gasteiger partial charge in [0.05, 0.1) is 4.90 Å². The highest BCUT2D eigenvalue weighted by Gasteiger charge is 2.27. The summed E-state index contributed by atoms with van der Waals surface area (Å²) in [6.45, 7) is 9.65. The fourth-order valence-corrected chi connectivity index (χ4v) is 6.36. The van der Waals surface area contributed by atoms with Gasteiger partial charge in [-0.05, 0) is 75.8 Å². The molecule has 1 saturated carbocycles. The summed E-state index contributed by atoms with van der Waals surface area (Å²) in [6, 6.07) is 11.6. The van der Waals surface area contributed by atoms with Crippen molar-refractivity contribution in [2.75, 3.05) is 29.0 Å². The van der Waals surface area contributed by atoms with E-state index in [4.69, 9.17) is 0 Å². The highest BCUT2D eigenvalue weighted by Crippen LogP contribution is 2.29. The third-order valence-electron chi connectivity index (χ3n) is 6.56. The van der Waals surface area contributed by atoms with Gasteiger partial charge >= 0.3 is 0 Å². The first-order valence-corrected chi connectivity index (χ1v) is 14.7. The van der Waals surface area contributed by atoms with Crippen LogP contribution in [0.2, 0.25) is 0 Å². The number of fused-ring (bicyclic) bond motifs is 1. The number of nitrogens with zero attached hydrogens (tertiary/aromatic N) is 3. The number of aryl methyl sites for hydroxylation is 1. The molecule has 0 radical (unpaired) electrons. The molecule has 0 spiro atoms. The lowest BCUT2D eigenvalue weighted by Crippen LogP contribution is -2.38. The van der Waals surface area contributed by atoms with Crippen LogP contribution in [0.4, 0.5) is 17.8 Å². The van der Waals surface area contributed by atoms with Crippen molar-refractivity contribution in [2.24, 2.45) is 5.92 Å². The molecule has 4 N–H and O–H groups in total. The van der Waals surface area contributed by atoms with Crippen molar-refractivity contribution in [3.05, 3.63) is 42.0 Å². The quantitative estimate of drug-likeness (QED) is 0.278. The molecule has 1 heterocycles. The van der Waals surface area contributed by atoms with E-state index in [9.17, 15) is 8.42 Å². The normalized spacial score (nSPS) is 18.2. The fourth-order valence-electron chi connectivity index (χ4n) is 4.74. The van der Waals surface area contributed by atoms with Gasteiger partial charge in [0.1, 0.15) is 0 Å². The highest BCUT2D eigenvalue weighted by atomic mass is 32.2. The highest BCUT2D eigenvalue weighted by molar-refractivity contribution is 7.89. The second kappa shape index (κ2) is 12.0. The number of sulfonamides is 1. The van der Waals surface area contributed by atoms with Crippen molar-refractivity contribution >= 4 is 38.6 Å². The van der Waals surface area contributed by atoms with E-state index in [0.717, 1.165) is 61.5 Å². The van der Waals surface area contributed by atoms with Crippen LogP contribution in [0.15, 0.2) is 41.3 Å². The lowest BCUT2D eigenvalue weighted by atomic mass is 9.86. The molecule has 1 fully saturated rings. The van der Waals surface area contributed by atoms with Crippen LogP contribution in [0.5, 0.6) is 0 Å². The zero-order valence-corrected chi connectivity index (χ0v) is 23.0. The third-order valence-corrected chi connectivity index (χ3v) is 8.12. The minimum Gasteiger partial charge on any atom is -0.354 e. The summed E-state index contributed by atoms with van der Waals surface area (Å²) in [4.78, 5) is 13.8. The maximum atomic E-state index is 13.3. The Morgan fingerprint density at radius 3 is 2.32 bits per heavy atom. The molecular weight excluding hydrogens is 486 g/mol. The zero-order valence-electron chi connectivity index (χ0n) is 22.2. The first-order valence-electron chi connectivity index (χ1n) is 13.3. The Bertz CT molecular complexity index is 1310.